The van der Waals surface area contributed by atoms with Gasteiger partial charge in [-0.05, 0) is 40.9 Å². The molecule has 1 heterocycles. The molecule has 1 fully saturated rings. The van der Waals surface area contributed by atoms with Crippen LogP contribution in [0.4, 0.5) is 5.69 Å². The summed E-state index contributed by atoms with van der Waals surface area (Å²) in [6.45, 7) is 1.61. The SMILES string of the molecule is COC1CCCN(c2cccc(Br)c2C(=O)O)C1. The van der Waals surface area contributed by atoms with Crippen molar-refractivity contribution in [1.29, 1.82) is 0 Å². The number of benzene rings is 1. The van der Waals surface area contributed by atoms with Gasteiger partial charge in [0.25, 0.3) is 0 Å². The van der Waals surface area contributed by atoms with Crippen LogP contribution in [0.1, 0.15) is 23.2 Å². The van der Waals surface area contributed by atoms with Gasteiger partial charge >= 0.3 is 5.97 Å². The van der Waals surface area contributed by atoms with Crippen LogP contribution < -0.4 is 4.90 Å². The molecule has 18 heavy (non-hydrogen) atoms. The van der Waals surface area contributed by atoms with E-state index in [2.05, 4.69) is 20.8 Å². The second kappa shape index (κ2) is 5.71. The van der Waals surface area contributed by atoms with Crippen molar-refractivity contribution in [3.8, 4) is 0 Å². The van der Waals surface area contributed by atoms with Crippen LogP contribution in [0.5, 0.6) is 0 Å². The van der Waals surface area contributed by atoms with E-state index in [0.717, 1.165) is 31.6 Å². The van der Waals surface area contributed by atoms with Gasteiger partial charge in [-0.1, -0.05) is 6.07 Å². The van der Waals surface area contributed by atoms with Gasteiger partial charge in [-0.2, -0.15) is 0 Å². The average Bonchev–Trinajstić information content (AvgIpc) is 2.38. The Morgan fingerprint density at radius 2 is 2.33 bits per heavy atom. The summed E-state index contributed by atoms with van der Waals surface area (Å²) in [6, 6.07) is 5.47. The highest BCUT2D eigenvalue weighted by atomic mass is 79.9. The van der Waals surface area contributed by atoms with Crippen LogP contribution in [0.25, 0.3) is 0 Å². The van der Waals surface area contributed by atoms with Crippen molar-refractivity contribution in [2.75, 3.05) is 25.1 Å². The molecule has 1 atom stereocenters. The van der Waals surface area contributed by atoms with Gasteiger partial charge in [0.15, 0.2) is 0 Å². The molecule has 0 spiro atoms. The molecule has 0 aromatic heterocycles. The smallest absolute Gasteiger partial charge is 0.338 e. The summed E-state index contributed by atoms with van der Waals surface area (Å²) in [5, 5.41) is 9.31. The predicted molar refractivity (Wildman–Crippen MR) is 73.3 cm³/mol. The Labute approximate surface area is 115 Å². The molecule has 1 saturated heterocycles. The number of aromatic carboxylic acids is 1. The largest absolute Gasteiger partial charge is 0.478 e. The van der Waals surface area contributed by atoms with Gasteiger partial charge in [0.2, 0.25) is 0 Å². The lowest BCUT2D eigenvalue weighted by molar-refractivity contribution is 0.0694. The number of rotatable bonds is 3. The Morgan fingerprint density at radius 3 is 3.00 bits per heavy atom. The fourth-order valence-electron chi connectivity index (χ4n) is 2.34. The quantitative estimate of drug-likeness (QED) is 0.932. The molecule has 0 amide bonds. The van der Waals surface area contributed by atoms with Crippen molar-refractivity contribution in [1.82, 2.24) is 0 Å². The highest BCUT2D eigenvalue weighted by Crippen LogP contribution is 2.30. The summed E-state index contributed by atoms with van der Waals surface area (Å²) < 4.78 is 5.99. The van der Waals surface area contributed by atoms with E-state index in [9.17, 15) is 9.90 Å². The van der Waals surface area contributed by atoms with Gasteiger partial charge in [0, 0.05) is 24.7 Å². The molecule has 98 valence electrons. The summed E-state index contributed by atoms with van der Waals surface area (Å²) in [5.74, 6) is -0.906. The first kappa shape index (κ1) is 13.4. The van der Waals surface area contributed by atoms with E-state index in [4.69, 9.17) is 4.74 Å². The average molecular weight is 314 g/mol. The Balaban J connectivity index is 2.32. The number of hydrogen-bond donors (Lipinski definition) is 1. The van der Waals surface area contributed by atoms with Crippen molar-refractivity contribution in [2.45, 2.75) is 18.9 Å². The summed E-state index contributed by atoms with van der Waals surface area (Å²) in [7, 11) is 1.70. The summed E-state index contributed by atoms with van der Waals surface area (Å²) in [4.78, 5) is 13.4. The van der Waals surface area contributed by atoms with E-state index in [1.54, 1.807) is 13.2 Å². The van der Waals surface area contributed by atoms with E-state index in [1.807, 2.05) is 12.1 Å². The standard InChI is InChI=1S/C13H16BrNO3/c1-18-9-4-3-7-15(8-9)11-6-2-5-10(14)12(11)13(16)17/h2,5-6,9H,3-4,7-8H2,1H3,(H,16,17). The number of halogens is 1. The molecule has 0 aliphatic carbocycles. The van der Waals surface area contributed by atoms with Crippen LogP contribution >= 0.6 is 15.9 Å². The van der Waals surface area contributed by atoms with E-state index < -0.39 is 5.97 Å². The zero-order valence-electron chi connectivity index (χ0n) is 10.2. The number of ether oxygens (including phenoxy) is 1. The predicted octanol–water partition coefficient (Wildman–Crippen LogP) is 2.76. The van der Waals surface area contributed by atoms with Crippen LogP contribution in [0.2, 0.25) is 0 Å². The fraction of sp³-hybridized carbons (Fsp3) is 0.462. The van der Waals surface area contributed by atoms with Gasteiger partial charge in [0.05, 0.1) is 17.4 Å². The van der Waals surface area contributed by atoms with Gasteiger partial charge in [-0.15, -0.1) is 0 Å². The number of nitrogens with zero attached hydrogens (tertiary/aromatic N) is 1. The van der Waals surface area contributed by atoms with Crippen LogP contribution in [-0.2, 0) is 4.74 Å². The molecule has 0 bridgehead atoms. The molecular formula is C13H16BrNO3. The maximum atomic E-state index is 11.3. The summed E-state index contributed by atoms with van der Waals surface area (Å²) >= 11 is 3.31. The van der Waals surface area contributed by atoms with Crippen molar-refractivity contribution < 1.29 is 14.6 Å². The van der Waals surface area contributed by atoms with E-state index in [-0.39, 0.29) is 6.10 Å². The van der Waals surface area contributed by atoms with Crippen LogP contribution in [0.3, 0.4) is 0 Å². The lowest BCUT2D eigenvalue weighted by Gasteiger charge is -2.34. The second-order valence-corrected chi connectivity index (χ2v) is 5.24. The number of hydrogen-bond acceptors (Lipinski definition) is 3. The number of methoxy groups -OCH3 is 1. The molecule has 1 aliphatic rings. The van der Waals surface area contributed by atoms with E-state index in [0.29, 0.717) is 10.0 Å². The first-order valence-corrected chi connectivity index (χ1v) is 6.72. The third kappa shape index (κ3) is 2.67. The van der Waals surface area contributed by atoms with Crippen LogP contribution in [0, 0.1) is 0 Å². The number of carboxylic acids is 1. The van der Waals surface area contributed by atoms with Gasteiger partial charge in [0.1, 0.15) is 0 Å². The zero-order valence-corrected chi connectivity index (χ0v) is 11.8. The summed E-state index contributed by atoms with van der Waals surface area (Å²) in [6.07, 6.45) is 2.23. The van der Waals surface area contributed by atoms with E-state index >= 15 is 0 Å². The Kier molecular flexibility index (Phi) is 4.24. The van der Waals surface area contributed by atoms with Gasteiger partial charge in [-0.3, -0.25) is 0 Å². The lowest BCUT2D eigenvalue weighted by Crippen LogP contribution is -2.40. The highest BCUT2D eigenvalue weighted by Gasteiger charge is 2.24. The maximum Gasteiger partial charge on any atom is 0.338 e. The first-order chi connectivity index (χ1) is 8.63. The Morgan fingerprint density at radius 1 is 1.56 bits per heavy atom. The van der Waals surface area contributed by atoms with Gasteiger partial charge in [-0.25, -0.2) is 4.79 Å². The number of carbonyl (C=O) groups is 1. The molecule has 1 N–H and O–H groups in total. The Hall–Kier alpha value is -1.07. The second-order valence-electron chi connectivity index (χ2n) is 4.39. The van der Waals surface area contributed by atoms with E-state index in [1.165, 1.54) is 0 Å². The minimum atomic E-state index is -0.906. The van der Waals surface area contributed by atoms with Crippen LogP contribution in [-0.4, -0.2) is 37.4 Å². The molecule has 0 saturated carbocycles. The summed E-state index contributed by atoms with van der Waals surface area (Å²) in [5.41, 5.74) is 1.09. The lowest BCUT2D eigenvalue weighted by atomic mass is 10.1. The van der Waals surface area contributed by atoms with Crippen molar-refractivity contribution in [3.05, 3.63) is 28.2 Å². The number of anilines is 1. The molecule has 4 nitrogen and oxygen atoms in total. The molecule has 0 radical (unpaired) electrons. The Bertz CT molecular complexity index is 450. The number of carboxylic acid groups (broad SMARTS) is 1. The van der Waals surface area contributed by atoms with Crippen molar-refractivity contribution in [3.63, 3.8) is 0 Å². The minimum absolute atomic E-state index is 0.180. The van der Waals surface area contributed by atoms with Crippen molar-refractivity contribution in [2.24, 2.45) is 0 Å². The third-order valence-electron chi connectivity index (χ3n) is 3.26. The minimum Gasteiger partial charge on any atom is -0.478 e. The monoisotopic (exact) mass is 313 g/mol. The topological polar surface area (TPSA) is 49.8 Å². The number of piperidine rings is 1. The molecular weight excluding hydrogens is 298 g/mol. The molecule has 5 heteroatoms. The molecule has 1 aliphatic heterocycles. The molecule has 1 unspecified atom stereocenters. The van der Waals surface area contributed by atoms with Crippen molar-refractivity contribution >= 4 is 27.6 Å². The van der Waals surface area contributed by atoms with Crippen LogP contribution in [0.15, 0.2) is 22.7 Å². The molecule has 1 aromatic rings. The maximum absolute atomic E-state index is 11.3. The first-order valence-electron chi connectivity index (χ1n) is 5.93. The molecule has 1 aromatic carbocycles. The highest BCUT2D eigenvalue weighted by molar-refractivity contribution is 9.10. The zero-order chi connectivity index (χ0) is 13.1. The van der Waals surface area contributed by atoms with Gasteiger partial charge < -0.3 is 14.7 Å². The fourth-order valence-corrected chi connectivity index (χ4v) is 2.86. The normalized spacial score (nSPS) is 19.9. The molecule has 2 rings (SSSR count). The third-order valence-corrected chi connectivity index (χ3v) is 3.92.